The fraction of sp³-hybridized carbons (Fsp3) is 0.556. The van der Waals surface area contributed by atoms with Crippen LogP contribution in [0.25, 0.3) is 5.69 Å². The molecule has 2 heterocycles. The molecule has 0 radical (unpaired) electrons. The van der Waals surface area contributed by atoms with Gasteiger partial charge < -0.3 is 27.0 Å². The lowest BCUT2D eigenvalue weighted by Gasteiger charge is -2.37. The molecule has 2 aromatic rings. The summed E-state index contributed by atoms with van der Waals surface area (Å²) in [7, 11) is 2.09. The molecule has 1 saturated heterocycles. The number of hydrogen-bond donors (Lipinski definition) is 4. The highest BCUT2D eigenvalue weighted by Crippen LogP contribution is 2.22. The maximum Gasteiger partial charge on any atom is 0.354 e. The first kappa shape index (κ1) is 31.5. The van der Waals surface area contributed by atoms with Crippen molar-refractivity contribution in [3.8, 4) is 5.69 Å². The second-order valence-corrected chi connectivity index (χ2v) is 11.4. The minimum Gasteiger partial charge on any atom is -0.338 e. The first-order valence-corrected chi connectivity index (χ1v) is 13.5. The van der Waals surface area contributed by atoms with E-state index in [2.05, 4.69) is 22.2 Å². The Kier molecular flexibility index (Phi) is 10.3. The molecule has 1 aromatic carbocycles. The van der Waals surface area contributed by atoms with Crippen LogP contribution in [0.3, 0.4) is 0 Å². The third-order valence-corrected chi connectivity index (χ3v) is 7.47. The molecule has 4 rings (SSSR count). The molecule has 7 N–H and O–H groups in total. The molecule has 2 unspecified atom stereocenters. The number of benzene rings is 1. The van der Waals surface area contributed by atoms with Crippen molar-refractivity contribution < 1.29 is 9.59 Å². The van der Waals surface area contributed by atoms with Gasteiger partial charge in [-0.05, 0) is 63.9 Å². The largest absolute Gasteiger partial charge is 0.354 e. The van der Waals surface area contributed by atoms with Crippen molar-refractivity contribution in [2.75, 3.05) is 38.5 Å². The van der Waals surface area contributed by atoms with Crippen LogP contribution >= 0.6 is 12.4 Å². The van der Waals surface area contributed by atoms with Crippen molar-refractivity contribution in [2.45, 2.75) is 63.3 Å². The standard InChI is InChI=1S/C27H41N9O3.ClH/c1-27(2,30)24(37)34-10-12-35(13-11-34)25(38)31-23-8-9-36(26(39)32-23)21-6-4-18(5-7-21)17-33(3)22-15-19(28)14-20(29)16-22;/h4-9,19-20,22H,10-17,28-30H2,1-3H3,(H,31,32,38,39);1H. The summed E-state index contributed by atoms with van der Waals surface area (Å²) in [5.74, 6) is 0.0246. The molecule has 1 aliphatic carbocycles. The molecule has 12 nitrogen and oxygen atoms in total. The third-order valence-electron chi connectivity index (χ3n) is 7.47. The zero-order valence-corrected chi connectivity index (χ0v) is 24.3. The maximum atomic E-state index is 12.7. The van der Waals surface area contributed by atoms with Crippen molar-refractivity contribution in [3.63, 3.8) is 0 Å². The van der Waals surface area contributed by atoms with Crippen molar-refractivity contribution in [3.05, 3.63) is 52.6 Å². The van der Waals surface area contributed by atoms with E-state index in [9.17, 15) is 14.4 Å². The van der Waals surface area contributed by atoms with Gasteiger partial charge in [-0.1, -0.05) is 12.1 Å². The number of aromatic nitrogens is 2. The highest BCUT2D eigenvalue weighted by molar-refractivity contribution is 5.89. The molecule has 0 bridgehead atoms. The van der Waals surface area contributed by atoms with E-state index in [0.29, 0.717) is 37.9 Å². The molecule has 2 atom stereocenters. The number of amides is 3. The van der Waals surface area contributed by atoms with Gasteiger partial charge in [0.05, 0.1) is 11.2 Å². The second kappa shape index (κ2) is 13.1. The Morgan fingerprint density at radius 3 is 2.12 bits per heavy atom. The molecule has 2 aliphatic rings. The van der Waals surface area contributed by atoms with Crippen LogP contribution in [-0.4, -0.2) is 93.1 Å². The van der Waals surface area contributed by atoms with E-state index in [-0.39, 0.29) is 42.2 Å². The van der Waals surface area contributed by atoms with E-state index >= 15 is 0 Å². The molecule has 220 valence electrons. The average Bonchev–Trinajstić information content (AvgIpc) is 2.88. The fourth-order valence-electron chi connectivity index (χ4n) is 5.29. The topological polar surface area (TPSA) is 169 Å². The molecular formula is C27H42ClN9O3. The van der Waals surface area contributed by atoms with E-state index in [0.717, 1.165) is 31.4 Å². The van der Waals surface area contributed by atoms with E-state index in [4.69, 9.17) is 17.2 Å². The molecule has 40 heavy (non-hydrogen) atoms. The number of halogens is 1. The first-order valence-electron chi connectivity index (χ1n) is 13.5. The minimum absolute atomic E-state index is 0. The van der Waals surface area contributed by atoms with Gasteiger partial charge in [-0.3, -0.25) is 19.6 Å². The van der Waals surface area contributed by atoms with Gasteiger partial charge in [0.2, 0.25) is 5.91 Å². The summed E-state index contributed by atoms with van der Waals surface area (Å²) in [6.07, 6.45) is 4.34. The average molecular weight is 576 g/mol. The van der Waals surface area contributed by atoms with Gasteiger partial charge in [0, 0.05) is 57.0 Å². The number of nitrogens with zero attached hydrogens (tertiary/aromatic N) is 5. The van der Waals surface area contributed by atoms with Gasteiger partial charge in [-0.2, -0.15) is 4.98 Å². The second-order valence-electron chi connectivity index (χ2n) is 11.4. The summed E-state index contributed by atoms with van der Waals surface area (Å²) < 4.78 is 1.43. The lowest BCUT2D eigenvalue weighted by atomic mass is 9.87. The van der Waals surface area contributed by atoms with E-state index in [1.807, 2.05) is 24.3 Å². The first-order chi connectivity index (χ1) is 18.4. The Morgan fingerprint density at radius 1 is 1.00 bits per heavy atom. The number of hydrogen-bond acceptors (Lipinski definition) is 8. The van der Waals surface area contributed by atoms with Crippen LogP contribution in [-0.2, 0) is 11.3 Å². The number of piperazine rings is 1. The van der Waals surface area contributed by atoms with Crippen LogP contribution in [0.15, 0.2) is 41.3 Å². The number of anilines is 1. The summed E-state index contributed by atoms with van der Waals surface area (Å²) in [5.41, 5.74) is 18.6. The predicted molar refractivity (Wildman–Crippen MR) is 158 cm³/mol. The number of carbonyl (C=O) groups is 2. The lowest BCUT2D eigenvalue weighted by Crippen LogP contribution is -2.58. The lowest BCUT2D eigenvalue weighted by molar-refractivity contribution is -0.137. The third kappa shape index (κ3) is 7.79. The van der Waals surface area contributed by atoms with Crippen LogP contribution in [0, 0.1) is 0 Å². The molecular weight excluding hydrogens is 534 g/mol. The monoisotopic (exact) mass is 575 g/mol. The van der Waals surface area contributed by atoms with Crippen molar-refractivity contribution >= 4 is 30.2 Å². The number of nitrogens with two attached hydrogens (primary N) is 3. The van der Waals surface area contributed by atoms with Crippen LogP contribution in [0.4, 0.5) is 10.6 Å². The van der Waals surface area contributed by atoms with Gasteiger partial charge in [0.25, 0.3) is 0 Å². The Balaban J connectivity index is 0.00000441. The molecule has 0 spiro atoms. The van der Waals surface area contributed by atoms with Gasteiger partial charge in [0.1, 0.15) is 5.82 Å². The van der Waals surface area contributed by atoms with Gasteiger partial charge >= 0.3 is 11.7 Å². The van der Waals surface area contributed by atoms with Gasteiger partial charge in [0.15, 0.2) is 0 Å². The molecule has 1 aromatic heterocycles. The van der Waals surface area contributed by atoms with Gasteiger partial charge in [-0.15, -0.1) is 12.4 Å². The van der Waals surface area contributed by atoms with Crippen molar-refractivity contribution in [1.82, 2.24) is 24.3 Å². The van der Waals surface area contributed by atoms with Crippen molar-refractivity contribution in [2.24, 2.45) is 17.2 Å². The number of nitrogens with one attached hydrogen (secondary N) is 1. The summed E-state index contributed by atoms with van der Waals surface area (Å²) in [6, 6.07) is 9.60. The molecule has 1 saturated carbocycles. The SMILES string of the molecule is CN(Cc1ccc(-n2ccc(NC(=O)N3CCN(C(=O)C(C)(C)N)CC3)nc2=O)cc1)C1CC(N)CC(N)C1.Cl. The predicted octanol–water partition coefficient (Wildman–Crippen LogP) is 0.707. The Hall–Kier alpha value is -3.03. The van der Waals surface area contributed by atoms with Crippen LogP contribution in [0.2, 0.25) is 0 Å². The zero-order chi connectivity index (χ0) is 28.3. The quantitative estimate of drug-likeness (QED) is 0.390. The Labute approximate surface area is 241 Å². The smallest absolute Gasteiger partial charge is 0.338 e. The molecule has 2 fully saturated rings. The summed E-state index contributed by atoms with van der Waals surface area (Å²) in [4.78, 5) is 47.4. The highest BCUT2D eigenvalue weighted by Gasteiger charge is 2.31. The van der Waals surface area contributed by atoms with Crippen molar-refractivity contribution in [1.29, 1.82) is 0 Å². The van der Waals surface area contributed by atoms with Crippen LogP contribution in [0.1, 0.15) is 38.7 Å². The summed E-state index contributed by atoms with van der Waals surface area (Å²) in [5, 5.41) is 2.68. The minimum atomic E-state index is -0.951. The maximum absolute atomic E-state index is 12.7. The van der Waals surface area contributed by atoms with E-state index in [1.165, 1.54) is 4.57 Å². The van der Waals surface area contributed by atoms with E-state index in [1.54, 1.807) is 35.9 Å². The van der Waals surface area contributed by atoms with E-state index < -0.39 is 11.2 Å². The fourth-order valence-corrected chi connectivity index (χ4v) is 5.29. The summed E-state index contributed by atoms with van der Waals surface area (Å²) in [6.45, 7) is 5.62. The molecule has 13 heteroatoms. The highest BCUT2D eigenvalue weighted by atomic mass is 35.5. The molecule has 1 aliphatic heterocycles. The zero-order valence-electron chi connectivity index (χ0n) is 23.5. The summed E-state index contributed by atoms with van der Waals surface area (Å²) >= 11 is 0. The normalized spacial score (nSPS) is 21.6. The number of carbonyl (C=O) groups excluding carboxylic acids is 2. The Morgan fingerprint density at radius 2 is 1.57 bits per heavy atom. The number of rotatable bonds is 6. The number of urea groups is 1. The molecule has 3 amide bonds. The van der Waals surface area contributed by atoms with Crippen LogP contribution < -0.4 is 28.2 Å². The van der Waals surface area contributed by atoms with Gasteiger partial charge in [-0.25, -0.2) is 9.59 Å². The Bertz CT molecular complexity index is 1210. The van der Waals surface area contributed by atoms with Crippen LogP contribution in [0.5, 0.6) is 0 Å².